The lowest BCUT2D eigenvalue weighted by Gasteiger charge is -2.15. The van der Waals surface area contributed by atoms with Gasteiger partial charge in [0, 0.05) is 19.5 Å². The lowest BCUT2D eigenvalue weighted by Crippen LogP contribution is -2.24. The Hall–Kier alpha value is -2.47. The van der Waals surface area contributed by atoms with Gasteiger partial charge in [0.15, 0.2) is 0 Å². The highest BCUT2D eigenvalue weighted by Gasteiger charge is 2.34. The first kappa shape index (κ1) is 14.1. The number of rotatable bonds is 4. The van der Waals surface area contributed by atoms with Gasteiger partial charge < -0.3 is 9.42 Å². The molecule has 0 N–H and O–H groups in total. The lowest BCUT2D eigenvalue weighted by molar-refractivity contribution is -0.128. The number of carbonyl (C=O) groups is 1. The van der Waals surface area contributed by atoms with Crippen LogP contribution >= 0.6 is 11.3 Å². The van der Waals surface area contributed by atoms with Crippen LogP contribution in [-0.4, -0.2) is 27.5 Å². The van der Waals surface area contributed by atoms with Gasteiger partial charge in [-0.1, -0.05) is 41.6 Å². The fourth-order valence-corrected chi connectivity index (χ4v) is 3.45. The second kappa shape index (κ2) is 5.96. The second-order valence-electron chi connectivity index (χ2n) is 5.59. The van der Waals surface area contributed by atoms with E-state index in [2.05, 4.69) is 10.1 Å². The minimum absolute atomic E-state index is 0.0209. The van der Waals surface area contributed by atoms with E-state index in [9.17, 15) is 4.79 Å². The third-order valence-corrected chi connectivity index (χ3v) is 4.83. The largest absolute Gasteiger partial charge is 0.339 e. The number of hydrogen-bond donors (Lipinski definition) is 0. The molecular weight excluding hydrogens is 310 g/mol. The van der Waals surface area contributed by atoms with E-state index in [-0.39, 0.29) is 11.8 Å². The molecule has 4 rings (SSSR count). The van der Waals surface area contributed by atoms with E-state index in [0.29, 0.717) is 31.2 Å². The highest BCUT2D eigenvalue weighted by atomic mass is 32.1. The number of likely N-dealkylation sites (tertiary alicyclic amines) is 1. The Morgan fingerprint density at radius 3 is 2.87 bits per heavy atom. The summed E-state index contributed by atoms with van der Waals surface area (Å²) in [6.07, 6.45) is 0.429. The maximum Gasteiger partial charge on any atom is 0.232 e. The fraction of sp³-hybridized carbons (Fsp3) is 0.235. The topological polar surface area (TPSA) is 59.2 Å². The first-order chi connectivity index (χ1) is 11.3. The van der Waals surface area contributed by atoms with Gasteiger partial charge in [-0.25, -0.2) is 0 Å². The van der Waals surface area contributed by atoms with Crippen LogP contribution in [0.5, 0.6) is 0 Å². The average molecular weight is 325 g/mol. The number of hydrogen-bond acceptors (Lipinski definition) is 5. The van der Waals surface area contributed by atoms with Crippen molar-refractivity contribution in [3.8, 4) is 10.7 Å². The number of nitrogens with zero attached hydrogens (tertiary/aromatic N) is 3. The van der Waals surface area contributed by atoms with Crippen molar-refractivity contribution in [3.05, 3.63) is 59.3 Å². The van der Waals surface area contributed by atoms with E-state index in [1.165, 1.54) is 0 Å². The molecule has 1 fully saturated rings. The smallest absolute Gasteiger partial charge is 0.232 e. The van der Waals surface area contributed by atoms with Crippen LogP contribution in [-0.2, 0) is 11.3 Å². The van der Waals surface area contributed by atoms with Crippen LogP contribution in [0.25, 0.3) is 10.7 Å². The summed E-state index contributed by atoms with van der Waals surface area (Å²) >= 11 is 1.57. The predicted octanol–water partition coefficient (Wildman–Crippen LogP) is 3.31. The van der Waals surface area contributed by atoms with Crippen molar-refractivity contribution in [3.63, 3.8) is 0 Å². The highest BCUT2D eigenvalue weighted by molar-refractivity contribution is 7.13. The molecule has 3 aromatic rings. The quantitative estimate of drug-likeness (QED) is 0.738. The van der Waals surface area contributed by atoms with Gasteiger partial charge in [-0.3, -0.25) is 4.79 Å². The van der Waals surface area contributed by atoms with Crippen LogP contribution in [0.2, 0.25) is 0 Å². The number of thiophene rings is 1. The van der Waals surface area contributed by atoms with E-state index in [0.717, 1.165) is 10.4 Å². The molecule has 1 amide bonds. The summed E-state index contributed by atoms with van der Waals surface area (Å²) in [5.41, 5.74) is 1.13. The van der Waals surface area contributed by atoms with Crippen molar-refractivity contribution in [1.82, 2.24) is 15.0 Å². The Labute approximate surface area is 137 Å². The Bertz CT molecular complexity index is 798. The summed E-state index contributed by atoms with van der Waals surface area (Å²) in [6, 6.07) is 13.9. The van der Waals surface area contributed by atoms with Gasteiger partial charge in [-0.15, -0.1) is 11.3 Å². The number of aromatic nitrogens is 2. The van der Waals surface area contributed by atoms with E-state index < -0.39 is 0 Å². The summed E-state index contributed by atoms with van der Waals surface area (Å²) in [6.45, 7) is 1.25. The molecule has 0 saturated carbocycles. The third kappa shape index (κ3) is 2.90. The molecule has 116 valence electrons. The van der Waals surface area contributed by atoms with Crippen molar-refractivity contribution in [1.29, 1.82) is 0 Å². The Balaban J connectivity index is 1.48. The van der Waals surface area contributed by atoms with Gasteiger partial charge in [0.05, 0.1) is 10.8 Å². The molecule has 1 aliphatic rings. The van der Waals surface area contributed by atoms with Crippen LogP contribution in [0.1, 0.15) is 23.8 Å². The van der Waals surface area contributed by atoms with Crippen LogP contribution in [0.3, 0.4) is 0 Å². The molecule has 1 aliphatic heterocycles. The first-order valence-corrected chi connectivity index (χ1v) is 8.37. The molecule has 3 heterocycles. The minimum atomic E-state index is -0.0209. The summed E-state index contributed by atoms with van der Waals surface area (Å²) in [4.78, 5) is 19.5. The minimum Gasteiger partial charge on any atom is -0.339 e. The lowest BCUT2D eigenvalue weighted by atomic mass is 10.1. The van der Waals surface area contributed by atoms with E-state index in [1.54, 1.807) is 11.3 Å². The maximum atomic E-state index is 12.2. The fourth-order valence-electron chi connectivity index (χ4n) is 2.80. The van der Waals surface area contributed by atoms with Gasteiger partial charge in [0.25, 0.3) is 0 Å². The van der Waals surface area contributed by atoms with Crippen LogP contribution < -0.4 is 0 Å². The standard InChI is InChI=1S/C17H15N3O2S/c21-15-9-13(11-20(15)10-12-5-2-1-3-6-12)17-18-16(19-22-17)14-7-4-8-23-14/h1-8,13H,9-11H2/t13-/m1/s1. The third-order valence-electron chi connectivity index (χ3n) is 3.96. The van der Waals surface area contributed by atoms with Crippen molar-refractivity contribution in [2.24, 2.45) is 0 Å². The number of benzene rings is 1. The van der Waals surface area contributed by atoms with Gasteiger partial charge in [-0.05, 0) is 17.0 Å². The molecule has 0 aliphatic carbocycles. The Morgan fingerprint density at radius 1 is 1.22 bits per heavy atom. The van der Waals surface area contributed by atoms with Gasteiger partial charge >= 0.3 is 0 Å². The van der Waals surface area contributed by atoms with E-state index >= 15 is 0 Å². The van der Waals surface area contributed by atoms with Crippen LogP contribution in [0, 0.1) is 0 Å². The molecule has 2 aromatic heterocycles. The zero-order valence-electron chi connectivity index (χ0n) is 12.4. The summed E-state index contributed by atoms with van der Waals surface area (Å²) in [5.74, 6) is 1.27. The zero-order valence-corrected chi connectivity index (χ0v) is 13.2. The molecule has 1 saturated heterocycles. The maximum absolute atomic E-state index is 12.2. The molecule has 23 heavy (non-hydrogen) atoms. The monoisotopic (exact) mass is 325 g/mol. The van der Waals surface area contributed by atoms with Gasteiger partial charge in [-0.2, -0.15) is 4.98 Å². The Kier molecular flexibility index (Phi) is 3.67. The summed E-state index contributed by atoms with van der Waals surface area (Å²) in [5, 5.41) is 6.01. The summed E-state index contributed by atoms with van der Waals surface area (Å²) in [7, 11) is 0. The zero-order chi connectivity index (χ0) is 15.6. The number of carbonyl (C=O) groups excluding carboxylic acids is 1. The number of amides is 1. The van der Waals surface area contributed by atoms with Crippen molar-refractivity contribution in [2.75, 3.05) is 6.54 Å². The molecule has 5 nitrogen and oxygen atoms in total. The average Bonchev–Trinajstić information content (AvgIpc) is 3.29. The van der Waals surface area contributed by atoms with Crippen molar-refractivity contribution < 1.29 is 9.32 Å². The normalized spacial score (nSPS) is 17.8. The molecule has 6 heteroatoms. The van der Waals surface area contributed by atoms with Gasteiger partial charge in [0.1, 0.15) is 0 Å². The van der Waals surface area contributed by atoms with Crippen LogP contribution in [0.4, 0.5) is 0 Å². The van der Waals surface area contributed by atoms with Crippen molar-refractivity contribution in [2.45, 2.75) is 18.9 Å². The first-order valence-electron chi connectivity index (χ1n) is 7.49. The SMILES string of the molecule is O=C1C[C@@H](c2nc(-c3cccs3)no2)CN1Cc1ccccc1. The van der Waals surface area contributed by atoms with Gasteiger partial charge in [0.2, 0.25) is 17.6 Å². The summed E-state index contributed by atoms with van der Waals surface area (Å²) < 4.78 is 5.39. The second-order valence-corrected chi connectivity index (χ2v) is 6.54. The van der Waals surface area contributed by atoms with Crippen LogP contribution in [0.15, 0.2) is 52.4 Å². The van der Waals surface area contributed by atoms with E-state index in [1.807, 2.05) is 52.7 Å². The molecule has 0 radical (unpaired) electrons. The predicted molar refractivity (Wildman–Crippen MR) is 86.8 cm³/mol. The molecular formula is C17H15N3O2S. The molecule has 0 unspecified atom stereocenters. The molecule has 0 spiro atoms. The highest BCUT2D eigenvalue weighted by Crippen LogP contribution is 2.30. The molecule has 1 aromatic carbocycles. The molecule has 0 bridgehead atoms. The van der Waals surface area contributed by atoms with E-state index in [4.69, 9.17) is 4.52 Å². The molecule has 1 atom stereocenters. The van der Waals surface area contributed by atoms with Crippen molar-refractivity contribution >= 4 is 17.2 Å². The Morgan fingerprint density at radius 2 is 2.09 bits per heavy atom.